The highest BCUT2D eigenvalue weighted by Gasteiger charge is 2.16. The standard InChI is InChI=1S/C16H16N2O3S/c1-3-12-14(15(20)21)22-16(17-12)18-13(19)9-8-11-6-4-10(2)5-7-11/h4-9H,3H2,1-2H3,(H,20,21)(H,17,18,19)/b9-8+. The highest BCUT2D eigenvalue weighted by Crippen LogP contribution is 2.23. The predicted octanol–water partition coefficient (Wildman–Crippen LogP) is 3.36. The summed E-state index contributed by atoms with van der Waals surface area (Å²) in [5.41, 5.74) is 2.55. The summed E-state index contributed by atoms with van der Waals surface area (Å²) in [4.78, 5) is 27.2. The average molecular weight is 316 g/mol. The maximum atomic E-state index is 11.9. The van der Waals surface area contributed by atoms with E-state index in [1.54, 1.807) is 6.08 Å². The van der Waals surface area contributed by atoms with E-state index in [9.17, 15) is 9.59 Å². The monoisotopic (exact) mass is 316 g/mol. The van der Waals surface area contributed by atoms with Crippen molar-refractivity contribution in [1.82, 2.24) is 4.98 Å². The van der Waals surface area contributed by atoms with E-state index in [0.717, 1.165) is 22.5 Å². The Hall–Kier alpha value is -2.47. The molecule has 0 radical (unpaired) electrons. The Bertz CT molecular complexity index is 717. The van der Waals surface area contributed by atoms with Crippen molar-refractivity contribution in [3.63, 3.8) is 0 Å². The van der Waals surface area contributed by atoms with Gasteiger partial charge in [0.05, 0.1) is 5.69 Å². The minimum atomic E-state index is -1.02. The molecule has 114 valence electrons. The predicted molar refractivity (Wildman–Crippen MR) is 87.3 cm³/mol. The molecule has 0 saturated heterocycles. The van der Waals surface area contributed by atoms with Crippen molar-refractivity contribution < 1.29 is 14.7 Å². The number of aryl methyl sites for hydroxylation is 2. The number of amides is 1. The first-order valence-corrected chi connectivity index (χ1v) is 7.60. The van der Waals surface area contributed by atoms with E-state index < -0.39 is 5.97 Å². The van der Waals surface area contributed by atoms with Gasteiger partial charge in [-0.1, -0.05) is 48.1 Å². The van der Waals surface area contributed by atoms with Crippen LogP contribution in [-0.4, -0.2) is 22.0 Å². The van der Waals surface area contributed by atoms with Crippen LogP contribution in [0.3, 0.4) is 0 Å². The van der Waals surface area contributed by atoms with Gasteiger partial charge in [-0.25, -0.2) is 9.78 Å². The average Bonchev–Trinajstić information content (AvgIpc) is 2.90. The number of aromatic carboxylic acids is 1. The van der Waals surface area contributed by atoms with Gasteiger partial charge in [-0.15, -0.1) is 0 Å². The third kappa shape index (κ3) is 4.02. The van der Waals surface area contributed by atoms with E-state index in [2.05, 4.69) is 10.3 Å². The van der Waals surface area contributed by atoms with Crippen LogP contribution in [-0.2, 0) is 11.2 Å². The van der Waals surface area contributed by atoms with Crippen LogP contribution < -0.4 is 5.32 Å². The zero-order valence-corrected chi connectivity index (χ0v) is 13.1. The summed E-state index contributed by atoms with van der Waals surface area (Å²) in [6.45, 7) is 3.82. The van der Waals surface area contributed by atoms with E-state index in [-0.39, 0.29) is 10.8 Å². The molecule has 0 aliphatic rings. The second kappa shape index (κ2) is 7.00. The topological polar surface area (TPSA) is 79.3 Å². The lowest BCUT2D eigenvalue weighted by Crippen LogP contribution is -2.07. The molecule has 2 rings (SSSR count). The molecular formula is C16H16N2O3S. The molecule has 2 N–H and O–H groups in total. The van der Waals surface area contributed by atoms with Crippen LogP contribution in [0.25, 0.3) is 6.08 Å². The number of carbonyl (C=O) groups excluding carboxylic acids is 1. The molecule has 0 bridgehead atoms. The number of carboxylic acid groups (broad SMARTS) is 1. The summed E-state index contributed by atoms with van der Waals surface area (Å²) in [6.07, 6.45) is 3.60. The molecule has 6 heteroatoms. The maximum Gasteiger partial charge on any atom is 0.347 e. The van der Waals surface area contributed by atoms with E-state index in [1.165, 1.54) is 6.08 Å². The van der Waals surface area contributed by atoms with Crippen LogP contribution in [0.1, 0.15) is 33.4 Å². The summed E-state index contributed by atoms with van der Waals surface area (Å²) in [6, 6.07) is 7.76. The number of benzene rings is 1. The molecule has 1 aromatic carbocycles. The molecule has 1 heterocycles. The van der Waals surface area contributed by atoms with E-state index in [0.29, 0.717) is 17.2 Å². The number of aromatic nitrogens is 1. The largest absolute Gasteiger partial charge is 0.477 e. The molecule has 0 aliphatic heterocycles. The number of hydrogen-bond acceptors (Lipinski definition) is 4. The third-order valence-electron chi connectivity index (χ3n) is 2.96. The molecule has 5 nitrogen and oxygen atoms in total. The fourth-order valence-electron chi connectivity index (χ4n) is 1.81. The Morgan fingerprint density at radius 1 is 1.32 bits per heavy atom. The SMILES string of the molecule is CCc1nc(NC(=O)/C=C/c2ccc(C)cc2)sc1C(=O)O. The van der Waals surface area contributed by atoms with Crippen molar-refractivity contribution in [2.75, 3.05) is 5.32 Å². The Kier molecular flexibility index (Phi) is 5.06. The van der Waals surface area contributed by atoms with Gasteiger partial charge in [0.1, 0.15) is 4.88 Å². The van der Waals surface area contributed by atoms with Gasteiger partial charge < -0.3 is 5.11 Å². The summed E-state index contributed by atoms with van der Waals surface area (Å²) >= 11 is 0.968. The van der Waals surface area contributed by atoms with Crippen molar-refractivity contribution in [2.45, 2.75) is 20.3 Å². The Labute approximate surface area is 132 Å². The molecular weight excluding hydrogens is 300 g/mol. The first-order valence-electron chi connectivity index (χ1n) is 6.78. The molecule has 1 amide bonds. The molecule has 0 saturated carbocycles. The first kappa shape index (κ1) is 15.9. The molecule has 1 aromatic heterocycles. The number of rotatable bonds is 5. The van der Waals surface area contributed by atoms with Crippen LogP contribution in [0, 0.1) is 6.92 Å². The van der Waals surface area contributed by atoms with Crippen molar-refractivity contribution in [3.05, 3.63) is 52.0 Å². The summed E-state index contributed by atoms with van der Waals surface area (Å²) in [7, 11) is 0. The van der Waals surface area contributed by atoms with Crippen molar-refractivity contribution in [3.8, 4) is 0 Å². The van der Waals surface area contributed by atoms with Gasteiger partial charge in [0, 0.05) is 6.08 Å². The van der Waals surface area contributed by atoms with Gasteiger partial charge in [-0.3, -0.25) is 10.1 Å². The quantitative estimate of drug-likeness (QED) is 0.829. The van der Waals surface area contributed by atoms with Gasteiger partial charge >= 0.3 is 5.97 Å². The lowest BCUT2D eigenvalue weighted by atomic mass is 10.1. The number of anilines is 1. The van der Waals surface area contributed by atoms with E-state index in [4.69, 9.17) is 5.11 Å². The van der Waals surface area contributed by atoms with Crippen LogP contribution in [0.5, 0.6) is 0 Å². The third-order valence-corrected chi connectivity index (χ3v) is 3.96. The molecule has 0 unspecified atom stereocenters. The molecule has 2 aromatic rings. The summed E-state index contributed by atoms with van der Waals surface area (Å²) < 4.78 is 0. The molecule has 0 fully saturated rings. The van der Waals surface area contributed by atoms with Crippen molar-refractivity contribution in [2.24, 2.45) is 0 Å². The van der Waals surface area contributed by atoms with Gasteiger partial charge in [0.2, 0.25) is 5.91 Å². The van der Waals surface area contributed by atoms with Crippen molar-refractivity contribution in [1.29, 1.82) is 0 Å². The minimum Gasteiger partial charge on any atom is -0.477 e. The maximum absolute atomic E-state index is 11.9. The molecule has 0 spiro atoms. The highest BCUT2D eigenvalue weighted by molar-refractivity contribution is 7.17. The fraction of sp³-hybridized carbons (Fsp3) is 0.188. The smallest absolute Gasteiger partial charge is 0.347 e. The van der Waals surface area contributed by atoms with Crippen LogP contribution in [0.2, 0.25) is 0 Å². The van der Waals surface area contributed by atoms with Gasteiger partial charge in [0.15, 0.2) is 5.13 Å². The number of thiazole rings is 1. The summed E-state index contributed by atoms with van der Waals surface area (Å²) in [5, 5.41) is 12.0. The Morgan fingerprint density at radius 2 is 2.00 bits per heavy atom. The Morgan fingerprint density at radius 3 is 2.55 bits per heavy atom. The van der Waals surface area contributed by atoms with Crippen LogP contribution >= 0.6 is 11.3 Å². The zero-order valence-electron chi connectivity index (χ0n) is 12.3. The summed E-state index contributed by atoms with van der Waals surface area (Å²) in [5.74, 6) is -1.36. The molecule has 0 aliphatic carbocycles. The number of carboxylic acids is 1. The first-order chi connectivity index (χ1) is 10.5. The number of hydrogen-bond donors (Lipinski definition) is 2. The normalized spacial score (nSPS) is 10.8. The lowest BCUT2D eigenvalue weighted by molar-refractivity contribution is -0.111. The van der Waals surface area contributed by atoms with Gasteiger partial charge in [-0.2, -0.15) is 0 Å². The van der Waals surface area contributed by atoms with Gasteiger partial charge in [0.25, 0.3) is 0 Å². The molecule has 0 atom stereocenters. The number of nitrogens with zero attached hydrogens (tertiary/aromatic N) is 1. The highest BCUT2D eigenvalue weighted by atomic mass is 32.1. The van der Waals surface area contributed by atoms with E-state index >= 15 is 0 Å². The number of nitrogens with one attached hydrogen (secondary N) is 1. The van der Waals surface area contributed by atoms with Gasteiger partial charge in [-0.05, 0) is 25.0 Å². The minimum absolute atomic E-state index is 0.167. The molecule has 22 heavy (non-hydrogen) atoms. The van der Waals surface area contributed by atoms with Crippen molar-refractivity contribution >= 4 is 34.4 Å². The zero-order chi connectivity index (χ0) is 16.1. The van der Waals surface area contributed by atoms with Crippen LogP contribution in [0.4, 0.5) is 5.13 Å². The fourth-order valence-corrected chi connectivity index (χ4v) is 2.70. The number of carbonyl (C=O) groups is 2. The van der Waals surface area contributed by atoms with Crippen LogP contribution in [0.15, 0.2) is 30.3 Å². The second-order valence-corrected chi connectivity index (χ2v) is 5.69. The van der Waals surface area contributed by atoms with E-state index in [1.807, 2.05) is 38.1 Å². The Balaban J connectivity index is 2.05. The lowest BCUT2D eigenvalue weighted by Gasteiger charge is -1.97. The second-order valence-electron chi connectivity index (χ2n) is 4.69.